The molecule has 22 heavy (non-hydrogen) atoms. The van der Waals surface area contributed by atoms with Gasteiger partial charge in [-0.3, -0.25) is 0 Å². The van der Waals surface area contributed by atoms with E-state index < -0.39 is 10.0 Å². The van der Waals surface area contributed by atoms with Crippen LogP contribution in [0.2, 0.25) is 5.02 Å². The fourth-order valence-corrected chi connectivity index (χ4v) is 4.49. The van der Waals surface area contributed by atoms with Gasteiger partial charge in [0, 0.05) is 43.3 Å². The summed E-state index contributed by atoms with van der Waals surface area (Å²) in [6, 6.07) is 7.11. The van der Waals surface area contributed by atoms with Crippen LogP contribution in [0.3, 0.4) is 0 Å². The van der Waals surface area contributed by atoms with Crippen molar-refractivity contribution in [2.75, 3.05) is 13.1 Å². The molecule has 0 amide bonds. The average Bonchev–Trinajstić information content (AvgIpc) is 3.06. The first-order valence-electron chi connectivity index (χ1n) is 6.87. The van der Waals surface area contributed by atoms with Crippen LogP contribution in [0.15, 0.2) is 41.8 Å². The fourth-order valence-electron chi connectivity index (χ4n) is 2.75. The number of rotatable bonds is 3. The SMILES string of the molecule is Cn1cnc(S(=O)(=O)N2C[C@@H](N)[C@H](c3ccccc3Cl)C2)c1. The maximum Gasteiger partial charge on any atom is 0.262 e. The Kier molecular flexibility index (Phi) is 3.98. The highest BCUT2D eigenvalue weighted by molar-refractivity contribution is 7.89. The van der Waals surface area contributed by atoms with E-state index in [0.717, 1.165) is 5.56 Å². The third-order valence-corrected chi connectivity index (χ3v) is 5.98. The number of aryl methyl sites for hydroxylation is 1. The van der Waals surface area contributed by atoms with Crippen LogP contribution in [0, 0.1) is 0 Å². The summed E-state index contributed by atoms with van der Waals surface area (Å²) in [6.07, 6.45) is 2.96. The fraction of sp³-hybridized carbons (Fsp3) is 0.357. The Balaban J connectivity index is 1.89. The molecule has 0 radical (unpaired) electrons. The Morgan fingerprint density at radius 3 is 2.68 bits per heavy atom. The average molecular weight is 341 g/mol. The van der Waals surface area contributed by atoms with E-state index in [4.69, 9.17) is 17.3 Å². The van der Waals surface area contributed by atoms with Crippen molar-refractivity contribution in [2.45, 2.75) is 17.0 Å². The second kappa shape index (κ2) is 5.66. The third kappa shape index (κ3) is 2.65. The lowest BCUT2D eigenvalue weighted by atomic mass is 9.95. The van der Waals surface area contributed by atoms with E-state index in [2.05, 4.69) is 4.98 Å². The zero-order valence-electron chi connectivity index (χ0n) is 12.1. The topological polar surface area (TPSA) is 81.2 Å². The number of nitrogens with two attached hydrogens (primary N) is 1. The molecule has 0 unspecified atom stereocenters. The highest BCUT2D eigenvalue weighted by Gasteiger charge is 2.39. The smallest absolute Gasteiger partial charge is 0.262 e. The number of nitrogens with zero attached hydrogens (tertiary/aromatic N) is 3. The van der Waals surface area contributed by atoms with Crippen molar-refractivity contribution in [1.82, 2.24) is 13.9 Å². The quantitative estimate of drug-likeness (QED) is 0.910. The van der Waals surface area contributed by atoms with Gasteiger partial charge < -0.3 is 10.3 Å². The van der Waals surface area contributed by atoms with E-state index in [1.54, 1.807) is 17.7 Å². The Bertz CT molecular complexity index is 790. The van der Waals surface area contributed by atoms with E-state index in [1.807, 2.05) is 18.2 Å². The second-order valence-electron chi connectivity index (χ2n) is 5.49. The van der Waals surface area contributed by atoms with Crippen LogP contribution in [-0.4, -0.2) is 41.4 Å². The van der Waals surface area contributed by atoms with Crippen molar-refractivity contribution in [1.29, 1.82) is 0 Å². The highest BCUT2D eigenvalue weighted by atomic mass is 35.5. The molecular weight excluding hydrogens is 324 g/mol. The molecule has 6 nitrogen and oxygen atoms in total. The molecule has 3 rings (SSSR count). The van der Waals surface area contributed by atoms with Crippen LogP contribution in [0.25, 0.3) is 0 Å². The maximum atomic E-state index is 12.6. The van der Waals surface area contributed by atoms with Gasteiger partial charge in [-0.05, 0) is 11.6 Å². The summed E-state index contributed by atoms with van der Waals surface area (Å²) in [5.74, 6) is -0.118. The van der Waals surface area contributed by atoms with Crippen molar-refractivity contribution in [3.05, 3.63) is 47.4 Å². The van der Waals surface area contributed by atoms with Crippen molar-refractivity contribution >= 4 is 21.6 Å². The normalized spacial score (nSPS) is 23.0. The van der Waals surface area contributed by atoms with E-state index in [-0.39, 0.29) is 23.5 Å². The van der Waals surface area contributed by atoms with E-state index >= 15 is 0 Å². The molecule has 0 spiro atoms. The Morgan fingerprint density at radius 2 is 2.05 bits per heavy atom. The molecule has 118 valence electrons. The minimum Gasteiger partial charge on any atom is -0.339 e. The molecule has 0 aliphatic carbocycles. The molecule has 8 heteroatoms. The minimum absolute atomic E-state index is 0.0435. The first-order chi connectivity index (χ1) is 10.4. The molecule has 1 aromatic carbocycles. The van der Waals surface area contributed by atoms with Crippen LogP contribution in [0.4, 0.5) is 0 Å². The zero-order chi connectivity index (χ0) is 15.9. The van der Waals surface area contributed by atoms with Crippen LogP contribution in [0.1, 0.15) is 11.5 Å². The summed E-state index contributed by atoms with van der Waals surface area (Å²) in [5, 5.41) is 0.655. The van der Waals surface area contributed by atoms with Crippen molar-refractivity contribution in [3.8, 4) is 0 Å². The van der Waals surface area contributed by atoms with Crippen LogP contribution >= 0.6 is 11.6 Å². The van der Waals surface area contributed by atoms with Gasteiger partial charge in [-0.15, -0.1) is 0 Å². The number of halogens is 1. The lowest BCUT2D eigenvalue weighted by Crippen LogP contribution is -2.32. The summed E-state index contributed by atoms with van der Waals surface area (Å²) in [6.45, 7) is 0.568. The maximum absolute atomic E-state index is 12.6. The number of benzene rings is 1. The van der Waals surface area contributed by atoms with Gasteiger partial charge in [-0.2, -0.15) is 4.31 Å². The van der Waals surface area contributed by atoms with Crippen LogP contribution < -0.4 is 5.73 Å². The van der Waals surface area contributed by atoms with Gasteiger partial charge in [0.15, 0.2) is 5.03 Å². The first-order valence-corrected chi connectivity index (χ1v) is 8.69. The standard InChI is InChI=1S/C14H17ClN4O2S/c1-18-8-14(17-9-18)22(20,21)19-6-11(13(16)7-19)10-4-2-3-5-12(10)15/h2-5,8-9,11,13H,6-7,16H2,1H3/t11-,13+/m0/s1. The van der Waals surface area contributed by atoms with Crippen molar-refractivity contribution in [2.24, 2.45) is 12.8 Å². The summed E-state index contributed by atoms with van der Waals surface area (Å²) in [4.78, 5) is 3.94. The van der Waals surface area contributed by atoms with Gasteiger partial charge in [0.1, 0.15) is 0 Å². The lowest BCUT2D eigenvalue weighted by molar-refractivity contribution is 0.467. The summed E-state index contributed by atoms with van der Waals surface area (Å²) in [7, 11) is -1.90. The number of sulfonamides is 1. The van der Waals surface area contributed by atoms with E-state index in [1.165, 1.54) is 16.8 Å². The highest BCUT2D eigenvalue weighted by Crippen LogP contribution is 2.33. The molecular formula is C14H17ClN4O2S. The summed E-state index contributed by atoms with van der Waals surface area (Å²) in [5.41, 5.74) is 7.04. The van der Waals surface area contributed by atoms with Gasteiger partial charge in [-0.25, -0.2) is 13.4 Å². The Hall–Kier alpha value is -1.41. The molecule has 1 aromatic heterocycles. The van der Waals surface area contributed by atoms with E-state index in [0.29, 0.717) is 11.6 Å². The third-order valence-electron chi connectivity index (χ3n) is 3.92. The number of aromatic nitrogens is 2. The van der Waals surface area contributed by atoms with Crippen molar-refractivity contribution < 1.29 is 8.42 Å². The number of hydrogen-bond acceptors (Lipinski definition) is 4. The summed E-state index contributed by atoms with van der Waals surface area (Å²) >= 11 is 6.21. The van der Waals surface area contributed by atoms with Crippen molar-refractivity contribution in [3.63, 3.8) is 0 Å². The zero-order valence-corrected chi connectivity index (χ0v) is 13.6. The van der Waals surface area contributed by atoms with Crippen LogP contribution in [0.5, 0.6) is 0 Å². The van der Waals surface area contributed by atoms with Gasteiger partial charge in [0.05, 0.1) is 6.33 Å². The molecule has 1 fully saturated rings. The van der Waals surface area contributed by atoms with Gasteiger partial charge in [-0.1, -0.05) is 29.8 Å². The Labute approximate surface area is 134 Å². The molecule has 1 aliphatic heterocycles. The van der Waals surface area contributed by atoms with Gasteiger partial charge in [0.2, 0.25) is 0 Å². The first kappa shape index (κ1) is 15.5. The molecule has 2 N–H and O–H groups in total. The molecule has 1 saturated heterocycles. The molecule has 1 aliphatic rings. The molecule has 2 atom stereocenters. The molecule has 0 saturated carbocycles. The number of hydrogen-bond donors (Lipinski definition) is 1. The van der Waals surface area contributed by atoms with Crippen LogP contribution in [-0.2, 0) is 17.1 Å². The molecule has 0 bridgehead atoms. The van der Waals surface area contributed by atoms with Gasteiger partial charge >= 0.3 is 0 Å². The second-order valence-corrected chi connectivity index (χ2v) is 7.78. The minimum atomic E-state index is -3.63. The summed E-state index contributed by atoms with van der Waals surface area (Å²) < 4.78 is 28.2. The molecule has 2 heterocycles. The van der Waals surface area contributed by atoms with Gasteiger partial charge in [0.25, 0.3) is 10.0 Å². The predicted octanol–water partition coefficient (Wildman–Crippen LogP) is 1.19. The predicted molar refractivity (Wildman–Crippen MR) is 84.1 cm³/mol. The monoisotopic (exact) mass is 340 g/mol. The van der Waals surface area contributed by atoms with E-state index in [9.17, 15) is 8.42 Å². The molecule has 2 aromatic rings. The number of imidazole rings is 1. The Morgan fingerprint density at radius 1 is 1.32 bits per heavy atom. The largest absolute Gasteiger partial charge is 0.339 e. The lowest BCUT2D eigenvalue weighted by Gasteiger charge is -2.16.